The molecule has 3 aliphatic carbocycles. The van der Waals surface area contributed by atoms with E-state index in [0.29, 0.717) is 23.4 Å². The molecule has 1 amide bonds. The maximum Gasteiger partial charge on any atom is 0.251 e. The van der Waals surface area contributed by atoms with Gasteiger partial charge in [-0.15, -0.1) is 0 Å². The van der Waals surface area contributed by atoms with Crippen LogP contribution in [0.2, 0.25) is 0 Å². The van der Waals surface area contributed by atoms with E-state index in [4.69, 9.17) is 4.74 Å². The summed E-state index contributed by atoms with van der Waals surface area (Å²) in [5.74, 6) is 0.581. The largest absolute Gasteiger partial charge is 0.361 e. The van der Waals surface area contributed by atoms with Crippen LogP contribution in [0.1, 0.15) is 63.2 Å². The van der Waals surface area contributed by atoms with E-state index in [0.717, 1.165) is 12.8 Å². The molecule has 3 nitrogen and oxygen atoms in total. The van der Waals surface area contributed by atoms with E-state index in [-0.39, 0.29) is 17.6 Å². The van der Waals surface area contributed by atoms with Crippen LogP contribution in [-0.2, 0) is 4.74 Å². The molecule has 0 aromatic heterocycles. The second kappa shape index (κ2) is 6.70. The van der Waals surface area contributed by atoms with Crippen LogP contribution in [0.15, 0.2) is 64.8 Å². The molecule has 152 valence electrons. The van der Waals surface area contributed by atoms with Crippen LogP contribution in [0.4, 0.5) is 0 Å². The number of hydrogen-bond donors (Lipinski definition) is 1. The Morgan fingerprint density at radius 3 is 2.72 bits per heavy atom. The summed E-state index contributed by atoms with van der Waals surface area (Å²) in [4.78, 5) is 12.4. The van der Waals surface area contributed by atoms with Crippen molar-refractivity contribution in [3.05, 3.63) is 70.3 Å². The Bertz CT molecular complexity index is 939. The van der Waals surface area contributed by atoms with Crippen molar-refractivity contribution in [3.8, 4) is 0 Å². The molecule has 2 fully saturated rings. The Morgan fingerprint density at radius 1 is 1.17 bits per heavy atom. The van der Waals surface area contributed by atoms with Gasteiger partial charge in [-0.25, -0.2) is 0 Å². The van der Waals surface area contributed by atoms with Crippen molar-refractivity contribution in [2.75, 3.05) is 6.54 Å². The predicted molar refractivity (Wildman–Crippen MR) is 116 cm³/mol. The Hall–Kier alpha value is -2.13. The summed E-state index contributed by atoms with van der Waals surface area (Å²) >= 11 is 0. The third-order valence-corrected chi connectivity index (χ3v) is 7.60. The molecule has 1 saturated carbocycles. The highest BCUT2D eigenvalue weighted by atomic mass is 16.6. The molecule has 5 rings (SSSR count). The van der Waals surface area contributed by atoms with E-state index in [1.54, 1.807) is 11.1 Å². The Balaban J connectivity index is 1.41. The summed E-state index contributed by atoms with van der Waals surface area (Å²) in [6.07, 6.45) is 10.6. The van der Waals surface area contributed by atoms with Crippen molar-refractivity contribution in [1.29, 1.82) is 0 Å². The first-order valence-corrected chi connectivity index (χ1v) is 11.1. The van der Waals surface area contributed by atoms with Crippen LogP contribution in [0, 0.1) is 11.3 Å². The number of carbonyl (C=O) groups excluding carboxylic acids is 1. The smallest absolute Gasteiger partial charge is 0.251 e. The first kappa shape index (κ1) is 18.9. The topological polar surface area (TPSA) is 41.6 Å². The fourth-order valence-electron chi connectivity index (χ4n) is 5.81. The van der Waals surface area contributed by atoms with Gasteiger partial charge in [0.1, 0.15) is 5.60 Å². The number of allylic oxidation sites excluding steroid dienone is 3. The van der Waals surface area contributed by atoms with Gasteiger partial charge in [-0.05, 0) is 72.3 Å². The van der Waals surface area contributed by atoms with Crippen molar-refractivity contribution in [2.45, 2.75) is 64.6 Å². The SMILES string of the molecule is CC(C)C1=C2C3=CC=C(CNC(=O)c4ccccc4)CC4O[C@@]34CC[C@@]2(C)CC1. The van der Waals surface area contributed by atoms with Gasteiger partial charge in [0.25, 0.3) is 5.91 Å². The molecule has 1 spiro atoms. The van der Waals surface area contributed by atoms with Gasteiger partial charge in [-0.1, -0.05) is 56.7 Å². The summed E-state index contributed by atoms with van der Waals surface area (Å²) in [6.45, 7) is 7.70. The monoisotopic (exact) mass is 389 g/mol. The van der Waals surface area contributed by atoms with Crippen molar-refractivity contribution in [3.63, 3.8) is 0 Å². The van der Waals surface area contributed by atoms with Crippen LogP contribution in [-0.4, -0.2) is 24.2 Å². The lowest BCUT2D eigenvalue weighted by Gasteiger charge is -2.39. The third-order valence-electron chi connectivity index (χ3n) is 7.60. The molecule has 0 radical (unpaired) electrons. The number of ether oxygens (including phenoxy) is 1. The van der Waals surface area contributed by atoms with E-state index < -0.39 is 0 Å². The van der Waals surface area contributed by atoms with Crippen LogP contribution < -0.4 is 5.32 Å². The maximum absolute atomic E-state index is 12.4. The number of amides is 1. The number of epoxide rings is 1. The summed E-state index contributed by atoms with van der Waals surface area (Å²) in [5, 5.41) is 3.09. The normalized spacial score (nSPS) is 32.6. The lowest BCUT2D eigenvalue weighted by Crippen LogP contribution is -2.34. The minimum absolute atomic E-state index is 0.0135. The van der Waals surface area contributed by atoms with Gasteiger partial charge in [-0.3, -0.25) is 4.79 Å². The molecule has 1 heterocycles. The van der Waals surface area contributed by atoms with Gasteiger partial charge in [0.05, 0.1) is 6.10 Å². The summed E-state index contributed by atoms with van der Waals surface area (Å²) < 4.78 is 6.40. The van der Waals surface area contributed by atoms with Gasteiger partial charge in [0, 0.05) is 12.1 Å². The molecule has 1 unspecified atom stereocenters. The van der Waals surface area contributed by atoms with Crippen molar-refractivity contribution in [1.82, 2.24) is 5.32 Å². The lowest BCUT2D eigenvalue weighted by atomic mass is 9.64. The molecule has 1 aromatic rings. The average Bonchev–Trinajstić information content (AvgIpc) is 3.31. The molecule has 1 aromatic carbocycles. The van der Waals surface area contributed by atoms with E-state index in [1.807, 2.05) is 30.3 Å². The second-order valence-electron chi connectivity index (χ2n) is 9.77. The molecule has 3 heteroatoms. The minimum atomic E-state index is -0.0684. The van der Waals surface area contributed by atoms with Gasteiger partial charge in [0.15, 0.2) is 0 Å². The zero-order valence-corrected chi connectivity index (χ0v) is 17.8. The van der Waals surface area contributed by atoms with Gasteiger partial charge in [0.2, 0.25) is 0 Å². The zero-order valence-electron chi connectivity index (χ0n) is 17.8. The summed E-state index contributed by atoms with van der Waals surface area (Å²) in [6, 6.07) is 9.43. The van der Waals surface area contributed by atoms with Crippen LogP contribution in [0.5, 0.6) is 0 Å². The third kappa shape index (κ3) is 3.02. The molecule has 29 heavy (non-hydrogen) atoms. The van der Waals surface area contributed by atoms with Crippen LogP contribution in [0.3, 0.4) is 0 Å². The standard InChI is InChI=1S/C26H31NO2/c1-17(2)20-11-12-25(3)13-14-26-21(23(20)25)10-9-18(15-22(26)29-26)16-27-24(28)19-7-5-4-6-8-19/h4-10,17,22H,11-16H2,1-3H3,(H,27,28)/t22?,25-,26+/m1/s1. The average molecular weight is 390 g/mol. The molecular weight excluding hydrogens is 358 g/mol. The first-order chi connectivity index (χ1) is 13.9. The first-order valence-electron chi connectivity index (χ1n) is 11.1. The number of nitrogens with one attached hydrogen (secondary N) is 1. The number of carbonyl (C=O) groups is 1. The highest BCUT2D eigenvalue weighted by Gasteiger charge is 2.64. The van der Waals surface area contributed by atoms with Gasteiger partial charge >= 0.3 is 0 Å². The second-order valence-corrected chi connectivity index (χ2v) is 9.77. The molecule has 3 atom stereocenters. The molecule has 1 aliphatic heterocycles. The molecule has 0 bridgehead atoms. The van der Waals surface area contributed by atoms with Gasteiger partial charge < -0.3 is 10.1 Å². The molecule has 4 aliphatic rings. The minimum Gasteiger partial charge on any atom is -0.361 e. The van der Waals surface area contributed by atoms with Crippen molar-refractivity contribution < 1.29 is 9.53 Å². The fourth-order valence-corrected chi connectivity index (χ4v) is 5.81. The highest BCUT2D eigenvalue weighted by molar-refractivity contribution is 5.94. The number of hydrogen-bond acceptors (Lipinski definition) is 2. The van der Waals surface area contributed by atoms with E-state index in [2.05, 4.69) is 38.2 Å². The number of fused-ring (bicyclic) bond motifs is 2. The Morgan fingerprint density at radius 2 is 1.97 bits per heavy atom. The van der Waals surface area contributed by atoms with Crippen molar-refractivity contribution >= 4 is 5.91 Å². The summed E-state index contributed by atoms with van der Waals surface area (Å²) in [7, 11) is 0. The van der Waals surface area contributed by atoms with Gasteiger partial charge in [-0.2, -0.15) is 0 Å². The van der Waals surface area contributed by atoms with E-state index >= 15 is 0 Å². The molecule has 1 N–H and O–H groups in total. The lowest BCUT2D eigenvalue weighted by molar-refractivity contribution is 0.0956. The van der Waals surface area contributed by atoms with Crippen LogP contribution >= 0.6 is 0 Å². The quantitative estimate of drug-likeness (QED) is 0.705. The zero-order chi connectivity index (χ0) is 20.2. The summed E-state index contributed by atoms with van der Waals surface area (Å²) in [5.41, 5.74) is 6.90. The van der Waals surface area contributed by atoms with E-state index in [1.165, 1.54) is 30.4 Å². The maximum atomic E-state index is 12.4. The Labute approximate surface area is 173 Å². The molecule has 1 saturated heterocycles. The Kier molecular flexibility index (Phi) is 4.36. The number of benzene rings is 1. The molecular formula is C26H31NO2. The van der Waals surface area contributed by atoms with E-state index in [9.17, 15) is 4.79 Å². The van der Waals surface area contributed by atoms with Crippen LogP contribution in [0.25, 0.3) is 0 Å². The fraction of sp³-hybridized carbons (Fsp3) is 0.500. The predicted octanol–water partition coefficient (Wildman–Crippen LogP) is 5.36. The van der Waals surface area contributed by atoms with Crippen molar-refractivity contribution in [2.24, 2.45) is 11.3 Å². The highest BCUT2D eigenvalue weighted by Crippen LogP contribution is 2.65. The number of rotatable bonds is 4.